The first kappa shape index (κ1) is 24.2. The van der Waals surface area contributed by atoms with Gasteiger partial charge in [0.25, 0.3) is 0 Å². The number of unbranched alkanes of at least 4 members (excludes halogenated alkanes) is 10. The van der Waals surface area contributed by atoms with Crippen LogP contribution in [0.15, 0.2) is 18.2 Å². The molecular formula is C24H39BrO2. The molecule has 0 aliphatic heterocycles. The Hall–Kier alpha value is -0.830. The number of hydrogen-bond donors (Lipinski definition) is 1. The number of benzene rings is 1. The van der Waals surface area contributed by atoms with Gasteiger partial charge in [0.2, 0.25) is 0 Å². The summed E-state index contributed by atoms with van der Waals surface area (Å²) in [6.45, 7) is 4.22. The van der Waals surface area contributed by atoms with Crippen LogP contribution in [0.4, 0.5) is 0 Å². The summed E-state index contributed by atoms with van der Waals surface area (Å²) in [6.07, 6.45) is 16.2. The lowest BCUT2D eigenvalue weighted by atomic mass is 9.92. The standard InChI is InChI=1S/C24H39BrO2/c1-3-4-5-6-7-8-9-10-11-12-13-14-22(19-25)24(27)18-21-15-16-23(26)17-20(21)2/h15-17,22,26H,3-14,18-19H2,1-2H3. The predicted molar refractivity (Wildman–Crippen MR) is 120 cm³/mol. The van der Waals surface area contributed by atoms with E-state index < -0.39 is 0 Å². The van der Waals surface area contributed by atoms with Gasteiger partial charge < -0.3 is 5.11 Å². The number of hydrogen-bond acceptors (Lipinski definition) is 2. The summed E-state index contributed by atoms with van der Waals surface area (Å²) in [5.74, 6) is 0.686. The number of aromatic hydroxyl groups is 1. The lowest BCUT2D eigenvalue weighted by molar-refractivity contribution is -0.121. The van der Waals surface area contributed by atoms with Gasteiger partial charge in [0.1, 0.15) is 11.5 Å². The van der Waals surface area contributed by atoms with Crippen LogP contribution >= 0.6 is 15.9 Å². The first-order valence-electron chi connectivity index (χ1n) is 11.0. The Kier molecular flexibility index (Phi) is 13.6. The van der Waals surface area contributed by atoms with Gasteiger partial charge in [-0.25, -0.2) is 0 Å². The van der Waals surface area contributed by atoms with Crippen LogP contribution in [0.25, 0.3) is 0 Å². The highest BCUT2D eigenvalue weighted by molar-refractivity contribution is 9.09. The molecule has 0 radical (unpaired) electrons. The van der Waals surface area contributed by atoms with E-state index in [0.717, 1.165) is 29.3 Å². The quantitative estimate of drug-likeness (QED) is 0.214. The number of phenolic OH excluding ortho intramolecular Hbond substituents is 1. The van der Waals surface area contributed by atoms with E-state index in [1.165, 1.54) is 64.2 Å². The van der Waals surface area contributed by atoms with Crippen LogP contribution < -0.4 is 0 Å². The van der Waals surface area contributed by atoms with Gasteiger partial charge in [-0.1, -0.05) is 99.5 Å². The fourth-order valence-corrected chi connectivity index (χ4v) is 4.27. The predicted octanol–water partition coefficient (Wildman–Crippen LogP) is 7.52. The molecule has 0 heterocycles. The molecule has 1 aromatic rings. The number of aryl methyl sites for hydroxylation is 1. The van der Waals surface area contributed by atoms with E-state index in [1.807, 2.05) is 13.0 Å². The zero-order valence-electron chi connectivity index (χ0n) is 17.4. The van der Waals surface area contributed by atoms with Crippen molar-refractivity contribution in [3.63, 3.8) is 0 Å². The van der Waals surface area contributed by atoms with E-state index in [1.54, 1.807) is 12.1 Å². The smallest absolute Gasteiger partial charge is 0.141 e. The summed E-state index contributed by atoms with van der Waals surface area (Å²) < 4.78 is 0. The van der Waals surface area contributed by atoms with Crippen LogP contribution in [-0.2, 0) is 11.2 Å². The number of alkyl halides is 1. The van der Waals surface area contributed by atoms with Crippen LogP contribution in [-0.4, -0.2) is 16.2 Å². The summed E-state index contributed by atoms with van der Waals surface area (Å²) >= 11 is 3.53. The number of ketones is 1. The highest BCUT2D eigenvalue weighted by Gasteiger charge is 2.18. The van der Waals surface area contributed by atoms with E-state index in [9.17, 15) is 9.90 Å². The van der Waals surface area contributed by atoms with Gasteiger partial charge in [-0.05, 0) is 36.6 Å². The van der Waals surface area contributed by atoms with E-state index in [2.05, 4.69) is 22.9 Å². The van der Waals surface area contributed by atoms with Gasteiger partial charge in [-0.15, -0.1) is 0 Å². The number of Topliss-reactive ketones (excluding diaryl/α,β-unsaturated/α-hetero) is 1. The molecule has 0 amide bonds. The van der Waals surface area contributed by atoms with Crippen molar-refractivity contribution >= 4 is 21.7 Å². The van der Waals surface area contributed by atoms with Crippen LogP contribution in [0.1, 0.15) is 95.1 Å². The van der Waals surface area contributed by atoms with Crippen molar-refractivity contribution in [1.82, 2.24) is 0 Å². The minimum absolute atomic E-state index is 0.108. The second-order valence-corrected chi connectivity index (χ2v) is 8.58. The van der Waals surface area contributed by atoms with E-state index in [0.29, 0.717) is 12.2 Å². The molecule has 0 bridgehead atoms. The number of phenols is 1. The Bertz CT molecular complexity index is 527. The molecule has 0 saturated heterocycles. The van der Waals surface area contributed by atoms with Crippen molar-refractivity contribution in [1.29, 1.82) is 0 Å². The largest absolute Gasteiger partial charge is 0.508 e. The molecule has 1 aromatic carbocycles. The molecule has 0 aliphatic rings. The Morgan fingerprint density at radius 1 is 0.963 bits per heavy atom. The van der Waals surface area contributed by atoms with E-state index in [-0.39, 0.29) is 11.7 Å². The maximum absolute atomic E-state index is 12.6. The Morgan fingerprint density at radius 2 is 1.52 bits per heavy atom. The average molecular weight is 439 g/mol. The molecule has 0 aromatic heterocycles. The molecule has 1 N–H and O–H groups in total. The monoisotopic (exact) mass is 438 g/mol. The molecule has 0 fully saturated rings. The fourth-order valence-electron chi connectivity index (χ4n) is 3.59. The van der Waals surface area contributed by atoms with E-state index in [4.69, 9.17) is 0 Å². The summed E-state index contributed by atoms with van der Waals surface area (Å²) in [5, 5.41) is 10.3. The van der Waals surface area contributed by atoms with Crippen molar-refractivity contribution in [3.05, 3.63) is 29.3 Å². The highest BCUT2D eigenvalue weighted by atomic mass is 79.9. The van der Waals surface area contributed by atoms with Crippen LogP contribution in [0.2, 0.25) is 0 Å². The molecule has 3 heteroatoms. The molecular weight excluding hydrogens is 400 g/mol. The number of carbonyl (C=O) groups is 1. The molecule has 1 rings (SSSR count). The average Bonchev–Trinajstić information content (AvgIpc) is 2.65. The first-order valence-corrected chi connectivity index (χ1v) is 12.1. The molecule has 27 heavy (non-hydrogen) atoms. The maximum atomic E-state index is 12.6. The van der Waals surface area contributed by atoms with Crippen LogP contribution in [0.5, 0.6) is 5.75 Å². The zero-order chi connectivity index (χ0) is 19.9. The Balaban J connectivity index is 2.14. The van der Waals surface area contributed by atoms with Gasteiger partial charge in [-0.2, -0.15) is 0 Å². The van der Waals surface area contributed by atoms with Crippen molar-refractivity contribution in [2.24, 2.45) is 5.92 Å². The third kappa shape index (κ3) is 10.9. The normalized spacial score (nSPS) is 12.3. The molecule has 1 unspecified atom stereocenters. The minimum atomic E-state index is 0.108. The number of carbonyl (C=O) groups excluding carboxylic acids is 1. The minimum Gasteiger partial charge on any atom is -0.508 e. The maximum Gasteiger partial charge on any atom is 0.141 e. The van der Waals surface area contributed by atoms with Gasteiger partial charge in [-0.3, -0.25) is 4.79 Å². The zero-order valence-corrected chi connectivity index (χ0v) is 19.0. The molecule has 154 valence electrons. The van der Waals surface area contributed by atoms with Crippen LogP contribution in [0, 0.1) is 12.8 Å². The van der Waals surface area contributed by atoms with Crippen molar-refractivity contribution in [2.45, 2.75) is 97.3 Å². The van der Waals surface area contributed by atoms with Gasteiger partial charge in [0, 0.05) is 17.7 Å². The van der Waals surface area contributed by atoms with Crippen molar-refractivity contribution in [3.8, 4) is 5.75 Å². The molecule has 0 saturated carbocycles. The lowest BCUT2D eigenvalue weighted by Crippen LogP contribution is -2.18. The third-order valence-corrected chi connectivity index (χ3v) is 6.27. The molecule has 2 nitrogen and oxygen atoms in total. The first-order chi connectivity index (χ1) is 13.1. The SMILES string of the molecule is CCCCCCCCCCCCCC(CBr)C(=O)Cc1ccc(O)cc1C. The van der Waals surface area contributed by atoms with Gasteiger partial charge >= 0.3 is 0 Å². The van der Waals surface area contributed by atoms with Crippen molar-refractivity contribution in [2.75, 3.05) is 5.33 Å². The van der Waals surface area contributed by atoms with Crippen molar-refractivity contribution < 1.29 is 9.90 Å². The second kappa shape index (κ2) is 15.1. The summed E-state index contributed by atoms with van der Waals surface area (Å²) in [6, 6.07) is 5.27. The summed E-state index contributed by atoms with van der Waals surface area (Å²) in [7, 11) is 0. The van der Waals surface area contributed by atoms with Crippen LogP contribution in [0.3, 0.4) is 0 Å². The fraction of sp³-hybridized carbons (Fsp3) is 0.708. The highest BCUT2D eigenvalue weighted by Crippen LogP contribution is 2.21. The van der Waals surface area contributed by atoms with Gasteiger partial charge in [0.05, 0.1) is 0 Å². The summed E-state index contributed by atoms with van der Waals surface area (Å²) in [4.78, 5) is 12.6. The molecule has 0 aliphatic carbocycles. The summed E-state index contributed by atoms with van der Waals surface area (Å²) in [5.41, 5.74) is 2.02. The third-order valence-electron chi connectivity index (χ3n) is 5.49. The molecule has 1 atom stereocenters. The lowest BCUT2D eigenvalue weighted by Gasteiger charge is -2.14. The second-order valence-electron chi connectivity index (χ2n) is 7.93. The number of halogens is 1. The topological polar surface area (TPSA) is 37.3 Å². The Labute approximate surface area is 175 Å². The molecule has 0 spiro atoms. The number of rotatable bonds is 16. The van der Waals surface area contributed by atoms with Gasteiger partial charge in [0.15, 0.2) is 0 Å². The van der Waals surface area contributed by atoms with E-state index >= 15 is 0 Å². The Morgan fingerprint density at radius 3 is 2.04 bits per heavy atom.